The SMILES string of the molecule is N[C@@H]1CCC[C@H]1CC(=O)N1CCOC2CCCCC21. The van der Waals surface area contributed by atoms with Gasteiger partial charge in [0.2, 0.25) is 5.91 Å². The molecule has 0 bridgehead atoms. The third kappa shape index (κ3) is 2.79. The quantitative estimate of drug-likeness (QED) is 0.827. The van der Waals surface area contributed by atoms with Gasteiger partial charge in [-0.25, -0.2) is 0 Å². The molecule has 0 aromatic rings. The summed E-state index contributed by atoms with van der Waals surface area (Å²) in [6.07, 6.45) is 9.08. The molecule has 3 rings (SSSR count). The molecule has 2 saturated carbocycles. The predicted molar refractivity (Wildman–Crippen MR) is 73.6 cm³/mol. The molecule has 0 radical (unpaired) electrons. The molecule has 0 aromatic carbocycles. The Morgan fingerprint density at radius 2 is 2.00 bits per heavy atom. The van der Waals surface area contributed by atoms with E-state index in [2.05, 4.69) is 4.90 Å². The van der Waals surface area contributed by atoms with E-state index in [0.29, 0.717) is 37.0 Å². The van der Waals surface area contributed by atoms with Crippen molar-refractivity contribution in [1.82, 2.24) is 4.90 Å². The number of carbonyl (C=O) groups is 1. The number of hydrogen-bond donors (Lipinski definition) is 1. The van der Waals surface area contributed by atoms with Gasteiger partial charge in [0, 0.05) is 19.0 Å². The van der Waals surface area contributed by atoms with Gasteiger partial charge in [-0.3, -0.25) is 4.79 Å². The van der Waals surface area contributed by atoms with E-state index in [4.69, 9.17) is 10.5 Å². The smallest absolute Gasteiger partial charge is 0.223 e. The molecule has 108 valence electrons. The van der Waals surface area contributed by atoms with Gasteiger partial charge in [0.05, 0.1) is 18.8 Å². The highest BCUT2D eigenvalue weighted by Gasteiger charge is 2.38. The van der Waals surface area contributed by atoms with Gasteiger partial charge in [0.25, 0.3) is 0 Å². The maximum absolute atomic E-state index is 12.6. The van der Waals surface area contributed by atoms with Gasteiger partial charge < -0.3 is 15.4 Å². The topological polar surface area (TPSA) is 55.6 Å². The van der Waals surface area contributed by atoms with Gasteiger partial charge in [0.15, 0.2) is 0 Å². The van der Waals surface area contributed by atoms with E-state index in [1.54, 1.807) is 0 Å². The fraction of sp³-hybridized carbons (Fsp3) is 0.933. The molecule has 0 aromatic heterocycles. The molecule has 2 N–H and O–H groups in total. The third-order valence-corrected chi connectivity index (χ3v) is 5.21. The molecule has 19 heavy (non-hydrogen) atoms. The molecule has 4 heteroatoms. The lowest BCUT2D eigenvalue weighted by atomic mass is 9.89. The zero-order chi connectivity index (χ0) is 13.2. The average Bonchev–Trinajstić information content (AvgIpc) is 2.83. The van der Waals surface area contributed by atoms with Crippen molar-refractivity contribution in [3.05, 3.63) is 0 Å². The first-order chi connectivity index (χ1) is 9.25. The number of rotatable bonds is 2. The van der Waals surface area contributed by atoms with Crippen molar-refractivity contribution in [3.63, 3.8) is 0 Å². The van der Waals surface area contributed by atoms with E-state index < -0.39 is 0 Å². The van der Waals surface area contributed by atoms with Gasteiger partial charge in [-0.15, -0.1) is 0 Å². The van der Waals surface area contributed by atoms with Gasteiger partial charge in [-0.2, -0.15) is 0 Å². The molecule has 3 fully saturated rings. The van der Waals surface area contributed by atoms with Crippen LogP contribution in [0, 0.1) is 5.92 Å². The highest BCUT2D eigenvalue weighted by molar-refractivity contribution is 5.77. The van der Waals surface area contributed by atoms with Crippen LogP contribution in [0.2, 0.25) is 0 Å². The van der Waals surface area contributed by atoms with E-state index >= 15 is 0 Å². The summed E-state index contributed by atoms with van der Waals surface area (Å²) in [5.41, 5.74) is 6.09. The number of fused-ring (bicyclic) bond motifs is 1. The molecular formula is C15H26N2O2. The largest absolute Gasteiger partial charge is 0.374 e. The summed E-state index contributed by atoms with van der Waals surface area (Å²) in [5.74, 6) is 0.736. The molecule has 1 amide bonds. The summed E-state index contributed by atoms with van der Waals surface area (Å²) in [7, 11) is 0. The van der Waals surface area contributed by atoms with Crippen molar-refractivity contribution in [2.45, 2.75) is 69.6 Å². The Morgan fingerprint density at radius 1 is 1.16 bits per heavy atom. The van der Waals surface area contributed by atoms with Crippen LogP contribution in [0.25, 0.3) is 0 Å². The Balaban J connectivity index is 1.61. The van der Waals surface area contributed by atoms with Gasteiger partial charge >= 0.3 is 0 Å². The minimum Gasteiger partial charge on any atom is -0.374 e. The van der Waals surface area contributed by atoms with Crippen LogP contribution in [0.1, 0.15) is 51.4 Å². The molecule has 2 aliphatic carbocycles. The maximum atomic E-state index is 12.6. The average molecular weight is 266 g/mol. The summed E-state index contributed by atoms with van der Waals surface area (Å²) >= 11 is 0. The molecular weight excluding hydrogens is 240 g/mol. The Hall–Kier alpha value is -0.610. The molecule has 1 saturated heterocycles. The number of hydrogen-bond acceptors (Lipinski definition) is 3. The van der Waals surface area contributed by atoms with Crippen molar-refractivity contribution >= 4 is 5.91 Å². The number of morpholine rings is 1. The van der Waals surface area contributed by atoms with Crippen LogP contribution < -0.4 is 5.73 Å². The second-order valence-electron chi connectivity index (χ2n) is 6.41. The summed E-state index contributed by atoms with van der Waals surface area (Å²) in [6, 6.07) is 0.583. The monoisotopic (exact) mass is 266 g/mol. The van der Waals surface area contributed by atoms with Crippen LogP contribution in [-0.2, 0) is 9.53 Å². The number of amides is 1. The van der Waals surface area contributed by atoms with Gasteiger partial charge in [-0.05, 0) is 31.6 Å². The highest BCUT2D eigenvalue weighted by atomic mass is 16.5. The molecule has 2 unspecified atom stereocenters. The molecule has 0 spiro atoms. The van der Waals surface area contributed by atoms with Crippen LogP contribution in [0.15, 0.2) is 0 Å². The zero-order valence-corrected chi connectivity index (χ0v) is 11.7. The first-order valence-electron chi connectivity index (χ1n) is 7.92. The second kappa shape index (κ2) is 5.80. The van der Waals surface area contributed by atoms with Crippen molar-refractivity contribution in [2.75, 3.05) is 13.2 Å². The van der Waals surface area contributed by atoms with Crippen LogP contribution in [0.3, 0.4) is 0 Å². The summed E-state index contributed by atoms with van der Waals surface area (Å²) in [6.45, 7) is 1.49. The maximum Gasteiger partial charge on any atom is 0.223 e. The van der Waals surface area contributed by atoms with E-state index in [0.717, 1.165) is 32.2 Å². The standard InChI is InChI=1S/C15H26N2O2/c16-12-5-3-4-11(12)10-15(18)17-8-9-19-14-7-2-1-6-13(14)17/h11-14H,1-10,16H2/t11-,12+,13?,14?/m0/s1. The van der Waals surface area contributed by atoms with Gasteiger partial charge in [-0.1, -0.05) is 19.3 Å². The van der Waals surface area contributed by atoms with Crippen LogP contribution in [0.4, 0.5) is 0 Å². The Kier molecular flexibility index (Phi) is 4.08. The second-order valence-corrected chi connectivity index (χ2v) is 6.41. The number of ether oxygens (including phenoxy) is 1. The van der Waals surface area contributed by atoms with Crippen LogP contribution >= 0.6 is 0 Å². The summed E-state index contributed by atoms with van der Waals surface area (Å²) < 4.78 is 5.83. The van der Waals surface area contributed by atoms with Crippen molar-refractivity contribution < 1.29 is 9.53 Å². The molecule has 4 nitrogen and oxygen atoms in total. The molecule has 4 atom stereocenters. The summed E-state index contributed by atoms with van der Waals surface area (Å²) in [5, 5.41) is 0. The fourth-order valence-electron chi connectivity index (χ4n) is 4.07. The normalized spacial score (nSPS) is 39.1. The van der Waals surface area contributed by atoms with Gasteiger partial charge in [0.1, 0.15) is 0 Å². The third-order valence-electron chi connectivity index (χ3n) is 5.21. The number of nitrogens with zero attached hydrogens (tertiary/aromatic N) is 1. The Bertz CT molecular complexity index is 332. The van der Waals surface area contributed by atoms with Crippen molar-refractivity contribution in [3.8, 4) is 0 Å². The lowest BCUT2D eigenvalue weighted by Crippen LogP contribution is -2.55. The predicted octanol–water partition coefficient (Wildman–Crippen LogP) is 1.67. The van der Waals surface area contributed by atoms with E-state index in [-0.39, 0.29) is 6.04 Å². The minimum atomic E-state index is 0.243. The molecule has 3 aliphatic rings. The number of nitrogens with two attached hydrogens (primary N) is 1. The van der Waals surface area contributed by atoms with E-state index in [9.17, 15) is 4.79 Å². The van der Waals surface area contributed by atoms with Crippen LogP contribution in [-0.4, -0.2) is 42.1 Å². The minimum absolute atomic E-state index is 0.243. The van der Waals surface area contributed by atoms with Crippen molar-refractivity contribution in [1.29, 1.82) is 0 Å². The van der Waals surface area contributed by atoms with E-state index in [1.165, 1.54) is 19.3 Å². The number of carbonyl (C=O) groups excluding carboxylic acids is 1. The lowest BCUT2D eigenvalue weighted by molar-refractivity contribution is -0.150. The molecule has 1 aliphatic heterocycles. The first kappa shape index (κ1) is 13.4. The van der Waals surface area contributed by atoms with Crippen LogP contribution in [0.5, 0.6) is 0 Å². The Morgan fingerprint density at radius 3 is 2.79 bits per heavy atom. The van der Waals surface area contributed by atoms with Crippen molar-refractivity contribution in [2.24, 2.45) is 11.7 Å². The van der Waals surface area contributed by atoms with E-state index in [1.807, 2.05) is 0 Å². The Labute approximate surface area is 115 Å². The zero-order valence-electron chi connectivity index (χ0n) is 11.7. The lowest BCUT2D eigenvalue weighted by Gasteiger charge is -2.44. The highest BCUT2D eigenvalue weighted by Crippen LogP contribution is 2.31. The summed E-state index contributed by atoms with van der Waals surface area (Å²) in [4.78, 5) is 14.7. The first-order valence-corrected chi connectivity index (χ1v) is 7.92. The molecule has 1 heterocycles. The fourth-order valence-corrected chi connectivity index (χ4v) is 4.07.